The molecular formula is C44H48N4O10. The van der Waals surface area contributed by atoms with Crippen LogP contribution in [0.3, 0.4) is 0 Å². The number of carbonyl (C=O) groups is 4. The molecule has 0 saturated heterocycles. The SMILES string of the molecule is C=Cc1c(C)c2cc3nc(cc4[nH]c(cc5nc(cc1[nH]2)C(C)=C5CCC(=O)OCCO)c(CCC(=O)OCCO)c4C)C1(C)C3=CC=C(C(=O)OC)C1C(=O)OC. The zero-order valence-electron chi connectivity index (χ0n) is 33.5. The molecule has 0 saturated carbocycles. The van der Waals surface area contributed by atoms with Crippen LogP contribution in [0.4, 0.5) is 0 Å². The van der Waals surface area contributed by atoms with Gasteiger partial charge in [0.05, 0.1) is 61.2 Å². The number of aliphatic hydroxyl groups is 2. The smallest absolute Gasteiger partial charge is 0.334 e. The highest BCUT2D eigenvalue weighted by atomic mass is 16.5. The zero-order chi connectivity index (χ0) is 41.9. The largest absolute Gasteiger partial charge is 0.469 e. The van der Waals surface area contributed by atoms with Crippen LogP contribution >= 0.6 is 0 Å². The van der Waals surface area contributed by atoms with Crippen molar-refractivity contribution in [3.63, 3.8) is 0 Å². The van der Waals surface area contributed by atoms with E-state index < -0.39 is 35.2 Å². The second-order valence-corrected chi connectivity index (χ2v) is 14.4. The lowest BCUT2D eigenvalue weighted by atomic mass is 9.64. The van der Waals surface area contributed by atoms with Gasteiger partial charge < -0.3 is 39.1 Å². The summed E-state index contributed by atoms with van der Waals surface area (Å²) >= 11 is 0. The minimum absolute atomic E-state index is 0.0176. The molecule has 0 radical (unpaired) electrons. The molecule has 304 valence electrons. The van der Waals surface area contributed by atoms with Gasteiger partial charge in [0.2, 0.25) is 0 Å². The number of hydrogen-bond donors (Lipinski definition) is 4. The van der Waals surface area contributed by atoms with Gasteiger partial charge in [0.1, 0.15) is 19.1 Å². The molecule has 3 aromatic heterocycles. The first-order valence-corrected chi connectivity index (χ1v) is 19.0. The summed E-state index contributed by atoms with van der Waals surface area (Å²) in [5.41, 5.74) is 9.62. The van der Waals surface area contributed by atoms with Crippen LogP contribution in [0.5, 0.6) is 0 Å². The van der Waals surface area contributed by atoms with Crippen molar-refractivity contribution in [3.05, 3.63) is 93.6 Å². The summed E-state index contributed by atoms with van der Waals surface area (Å²) in [4.78, 5) is 69.6. The first kappa shape index (κ1) is 41.5. The van der Waals surface area contributed by atoms with E-state index in [1.807, 2.05) is 52.0 Å². The van der Waals surface area contributed by atoms with E-state index in [1.54, 1.807) is 18.2 Å². The van der Waals surface area contributed by atoms with Gasteiger partial charge in [-0.05, 0) is 98.2 Å². The van der Waals surface area contributed by atoms with Crippen LogP contribution in [0, 0.1) is 19.8 Å². The number of aromatic amines is 2. The molecule has 14 nitrogen and oxygen atoms in total. The Morgan fingerprint density at radius 2 is 1.41 bits per heavy atom. The highest BCUT2D eigenvalue weighted by Gasteiger charge is 2.53. The average Bonchev–Trinajstić information content (AvgIpc) is 3.87. The molecule has 2 atom stereocenters. The van der Waals surface area contributed by atoms with Gasteiger partial charge in [-0.15, -0.1) is 0 Å². The monoisotopic (exact) mass is 792 g/mol. The summed E-state index contributed by atoms with van der Waals surface area (Å²) in [6.45, 7) is 11.0. The highest BCUT2D eigenvalue weighted by Crippen LogP contribution is 2.52. The summed E-state index contributed by atoms with van der Waals surface area (Å²) in [5, 5.41) is 18.4. The van der Waals surface area contributed by atoms with Crippen molar-refractivity contribution in [1.82, 2.24) is 19.9 Å². The number of aromatic nitrogens is 4. The van der Waals surface area contributed by atoms with Gasteiger partial charge in [-0.3, -0.25) is 19.4 Å². The van der Waals surface area contributed by atoms with Gasteiger partial charge in [-0.2, -0.15) is 0 Å². The minimum Gasteiger partial charge on any atom is -0.469 e. The molecule has 8 bridgehead atoms. The first-order chi connectivity index (χ1) is 27.8. The average molecular weight is 793 g/mol. The maximum atomic E-state index is 13.8. The van der Waals surface area contributed by atoms with Crippen molar-refractivity contribution in [3.8, 4) is 0 Å². The molecule has 3 aliphatic rings. The summed E-state index contributed by atoms with van der Waals surface area (Å²) in [6.07, 6.45) is 5.77. The molecule has 5 heterocycles. The number of esters is 4. The number of hydrogen-bond acceptors (Lipinski definition) is 12. The number of aliphatic hydroxyl groups excluding tert-OH is 2. The molecule has 6 rings (SSSR count). The van der Waals surface area contributed by atoms with Gasteiger partial charge in [0.25, 0.3) is 0 Å². The summed E-state index contributed by atoms with van der Waals surface area (Å²) in [6, 6.07) is 7.57. The molecule has 0 fully saturated rings. The number of ether oxygens (including phenoxy) is 4. The van der Waals surface area contributed by atoms with E-state index in [2.05, 4.69) is 16.5 Å². The Kier molecular flexibility index (Phi) is 12.3. The second-order valence-electron chi connectivity index (χ2n) is 14.4. The summed E-state index contributed by atoms with van der Waals surface area (Å²) in [5.74, 6) is -3.36. The first-order valence-electron chi connectivity index (χ1n) is 19.0. The van der Waals surface area contributed by atoms with Crippen molar-refractivity contribution in [2.45, 2.75) is 58.8 Å². The van der Waals surface area contributed by atoms with E-state index >= 15 is 0 Å². The van der Waals surface area contributed by atoms with Gasteiger partial charge in [0.15, 0.2) is 0 Å². The topological polar surface area (TPSA) is 203 Å². The number of methoxy groups -OCH3 is 2. The minimum atomic E-state index is -1.20. The van der Waals surface area contributed by atoms with Gasteiger partial charge >= 0.3 is 23.9 Å². The Hall–Kier alpha value is -6.12. The number of rotatable bonds is 13. The lowest BCUT2D eigenvalue weighted by Gasteiger charge is -2.36. The maximum absolute atomic E-state index is 13.8. The van der Waals surface area contributed by atoms with Crippen molar-refractivity contribution >= 4 is 68.7 Å². The fourth-order valence-corrected chi connectivity index (χ4v) is 8.04. The number of allylic oxidation sites excluding steroid dienone is 5. The molecule has 14 heteroatoms. The van der Waals surface area contributed by atoms with Crippen LogP contribution in [0.15, 0.2) is 48.6 Å². The number of aryl methyl sites for hydroxylation is 3. The van der Waals surface area contributed by atoms with Crippen LogP contribution in [0.1, 0.15) is 78.1 Å². The Balaban J connectivity index is 1.70. The van der Waals surface area contributed by atoms with Gasteiger partial charge in [-0.25, -0.2) is 9.78 Å². The van der Waals surface area contributed by atoms with Crippen LogP contribution in [-0.2, 0) is 50.0 Å². The van der Waals surface area contributed by atoms with Crippen molar-refractivity contribution in [2.24, 2.45) is 5.92 Å². The van der Waals surface area contributed by atoms with Gasteiger partial charge in [-0.1, -0.05) is 24.8 Å². The quantitative estimate of drug-likeness (QED) is 0.125. The number of nitrogens with zero attached hydrogens (tertiary/aromatic N) is 2. The van der Waals surface area contributed by atoms with E-state index in [9.17, 15) is 29.4 Å². The maximum Gasteiger partial charge on any atom is 0.334 e. The standard InChI is InChI=1S/C44H48N4O10/c1-8-26-23(2)32-20-37-30-12-9-29(42(53)55-6)41(43(54)56-7)44(30,5)38(48-37)22-33-25(4)28(11-14-40(52)58-18-16-50)36(47-33)21-35-27(10-13-39(51)57-17-15-49)24(3)31(46-35)19-34(26)45-32/h8-9,12,19-22,41,45,47,49-50H,1,10-11,13-18H2,2-7H3. The molecule has 2 aliphatic heterocycles. The Bertz CT molecular complexity index is 2470. The Morgan fingerprint density at radius 1 is 0.793 bits per heavy atom. The van der Waals surface area contributed by atoms with Crippen LogP contribution in [-0.4, -0.2) is 94.7 Å². The molecule has 0 aromatic carbocycles. The Morgan fingerprint density at radius 3 is 2.05 bits per heavy atom. The second kappa shape index (κ2) is 17.2. The van der Waals surface area contributed by atoms with Crippen molar-refractivity contribution in [1.29, 1.82) is 0 Å². The molecule has 1 aliphatic carbocycles. The molecule has 0 spiro atoms. The Labute approximate surface area is 335 Å². The van der Waals surface area contributed by atoms with E-state index in [1.165, 1.54) is 14.2 Å². The number of H-pyrrole nitrogens is 2. The third-order valence-electron chi connectivity index (χ3n) is 11.2. The number of carbonyl (C=O) groups excluding carboxylic acids is 4. The third-order valence-corrected chi connectivity index (χ3v) is 11.2. The zero-order valence-corrected chi connectivity index (χ0v) is 33.5. The van der Waals surface area contributed by atoms with Crippen molar-refractivity contribution < 1.29 is 48.3 Å². The van der Waals surface area contributed by atoms with Gasteiger partial charge in [0, 0.05) is 40.5 Å². The fourth-order valence-electron chi connectivity index (χ4n) is 8.04. The summed E-state index contributed by atoms with van der Waals surface area (Å²) < 4.78 is 20.8. The van der Waals surface area contributed by atoms with E-state index in [-0.39, 0.29) is 51.3 Å². The summed E-state index contributed by atoms with van der Waals surface area (Å²) in [7, 11) is 2.53. The lowest BCUT2D eigenvalue weighted by molar-refractivity contribution is -0.149. The predicted octanol–water partition coefficient (Wildman–Crippen LogP) is 5.53. The van der Waals surface area contributed by atoms with E-state index in [4.69, 9.17) is 28.9 Å². The lowest BCUT2D eigenvalue weighted by Crippen LogP contribution is -2.42. The third kappa shape index (κ3) is 7.64. The van der Waals surface area contributed by atoms with E-state index in [0.717, 1.165) is 44.4 Å². The molecule has 58 heavy (non-hydrogen) atoms. The predicted molar refractivity (Wildman–Crippen MR) is 218 cm³/mol. The molecule has 4 N–H and O–H groups in total. The highest BCUT2D eigenvalue weighted by molar-refractivity contribution is 6.02. The molecule has 0 amide bonds. The molecule has 3 aromatic rings. The van der Waals surface area contributed by atoms with Crippen LogP contribution in [0.25, 0.3) is 44.9 Å². The number of nitrogens with one attached hydrogen (secondary N) is 2. The van der Waals surface area contributed by atoms with E-state index in [0.29, 0.717) is 45.8 Å². The van der Waals surface area contributed by atoms with Crippen molar-refractivity contribution in [2.75, 3.05) is 40.6 Å². The molecular weight excluding hydrogens is 745 g/mol. The number of fused-ring (bicyclic) bond motifs is 11. The van der Waals surface area contributed by atoms with Crippen LogP contribution in [0.2, 0.25) is 0 Å². The normalized spacial score (nSPS) is 17.2. The molecule has 2 unspecified atom stereocenters. The van der Waals surface area contributed by atoms with Crippen LogP contribution < -0.4 is 0 Å². The fraction of sp³-hybridized carbons (Fsp3) is 0.364.